The van der Waals surface area contributed by atoms with Crippen molar-refractivity contribution in [2.24, 2.45) is 0 Å². The molecule has 140 valence electrons. The van der Waals surface area contributed by atoms with Gasteiger partial charge in [-0.25, -0.2) is 0 Å². The van der Waals surface area contributed by atoms with Crippen LogP contribution in [-0.4, -0.2) is 42.7 Å². The Bertz CT molecular complexity index is 829. The maximum Gasteiger partial charge on any atom is 0.261 e. The van der Waals surface area contributed by atoms with Crippen molar-refractivity contribution in [2.45, 2.75) is 33.4 Å². The Hall–Kier alpha value is -2.60. The first-order chi connectivity index (χ1) is 12.4. The van der Waals surface area contributed by atoms with Crippen LogP contribution in [0, 0.1) is 13.8 Å². The maximum atomic E-state index is 13.1. The predicted molar refractivity (Wildman–Crippen MR) is 101 cm³/mol. The molecule has 0 aliphatic heterocycles. The summed E-state index contributed by atoms with van der Waals surface area (Å²) in [6, 6.07) is 8.98. The zero-order chi connectivity index (χ0) is 19.3. The van der Waals surface area contributed by atoms with Gasteiger partial charge in [-0.15, -0.1) is 0 Å². The quantitative estimate of drug-likeness (QED) is 0.826. The summed E-state index contributed by atoms with van der Waals surface area (Å²) >= 11 is 0. The normalized spacial score (nSPS) is 11.9. The Morgan fingerprint density at radius 3 is 2.62 bits per heavy atom. The van der Waals surface area contributed by atoms with Crippen molar-refractivity contribution in [1.82, 2.24) is 9.88 Å². The summed E-state index contributed by atoms with van der Waals surface area (Å²) in [5, 5.41) is 0. The number of rotatable bonds is 7. The van der Waals surface area contributed by atoms with Gasteiger partial charge in [0.2, 0.25) is 0 Å². The second kappa shape index (κ2) is 8.67. The van der Waals surface area contributed by atoms with Gasteiger partial charge >= 0.3 is 0 Å². The molecule has 0 spiro atoms. The van der Waals surface area contributed by atoms with Crippen LogP contribution in [0.1, 0.15) is 34.1 Å². The molecule has 6 heteroatoms. The lowest BCUT2D eigenvalue weighted by Gasteiger charge is -2.29. The standard InChI is InChI=1S/C20H26N2O4/c1-13-9-18(19(23)21-15(13)3)20(24)22(14(2)12-25-4)11-16-7-6-8-17(10-16)26-5/h6-10,14H,11-12H2,1-5H3,(H,21,23). The van der Waals surface area contributed by atoms with Crippen LogP contribution in [0.4, 0.5) is 0 Å². The Kier molecular flexibility index (Phi) is 6.58. The van der Waals surface area contributed by atoms with Gasteiger partial charge in [0.15, 0.2) is 0 Å². The molecule has 0 saturated carbocycles. The molecule has 1 unspecified atom stereocenters. The zero-order valence-corrected chi connectivity index (χ0v) is 16.0. The fourth-order valence-electron chi connectivity index (χ4n) is 2.77. The highest BCUT2D eigenvalue weighted by Crippen LogP contribution is 2.17. The average molecular weight is 358 g/mol. The molecule has 0 bridgehead atoms. The van der Waals surface area contributed by atoms with E-state index in [2.05, 4.69) is 4.98 Å². The number of aromatic amines is 1. The van der Waals surface area contributed by atoms with Gasteiger partial charge in [-0.3, -0.25) is 9.59 Å². The van der Waals surface area contributed by atoms with E-state index in [0.717, 1.165) is 22.6 Å². The molecule has 0 radical (unpaired) electrons. The Morgan fingerprint density at radius 1 is 1.23 bits per heavy atom. The Labute approximate surface area is 153 Å². The molecule has 0 aliphatic carbocycles. The number of aryl methyl sites for hydroxylation is 2. The van der Waals surface area contributed by atoms with Crippen molar-refractivity contribution in [2.75, 3.05) is 20.8 Å². The van der Waals surface area contributed by atoms with Gasteiger partial charge in [-0.2, -0.15) is 0 Å². The van der Waals surface area contributed by atoms with E-state index >= 15 is 0 Å². The number of hydrogen-bond acceptors (Lipinski definition) is 4. The van der Waals surface area contributed by atoms with Crippen molar-refractivity contribution in [3.05, 3.63) is 63.1 Å². The Morgan fingerprint density at radius 2 is 1.96 bits per heavy atom. The predicted octanol–water partition coefficient (Wildman–Crippen LogP) is 2.68. The molecule has 2 aromatic rings. The Balaban J connectivity index is 2.39. The van der Waals surface area contributed by atoms with Crippen LogP contribution in [0.15, 0.2) is 35.1 Å². The number of nitrogens with zero attached hydrogens (tertiary/aromatic N) is 1. The third-order valence-corrected chi connectivity index (χ3v) is 4.42. The van der Waals surface area contributed by atoms with Crippen molar-refractivity contribution < 1.29 is 14.3 Å². The average Bonchev–Trinajstić information content (AvgIpc) is 2.62. The van der Waals surface area contributed by atoms with Gasteiger partial charge in [0, 0.05) is 19.3 Å². The molecule has 1 atom stereocenters. The number of nitrogens with one attached hydrogen (secondary N) is 1. The number of amides is 1. The summed E-state index contributed by atoms with van der Waals surface area (Å²) in [6.07, 6.45) is 0. The number of carbonyl (C=O) groups is 1. The number of H-pyrrole nitrogens is 1. The van der Waals surface area contributed by atoms with E-state index in [-0.39, 0.29) is 23.1 Å². The van der Waals surface area contributed by atoms with Crippen LogP contribution in [0.2, 0.25) is 0 Å². The SMILES string of the molecule is COCC(C)N(Cc1cccc(OC)c1)C(=O)c1cc(C)c(C)[nH]c1=O. The highest BCUT2D eigenvalue weighted by Gasteiger charge is 2.24. The second-order valence-electron chi connectivity index (χ2n) is 6.41. The molecule has 0 fully saturated rings. The van der Waals surface area contributed by atoms with Gasteiger partial charge in [-0.05, 0) is 50.1 Å². The van der Waals surface area contributed by atoms with Crippen molar-refractivity contribution in [1.29, 1.82) is 0 Å². The number of aromatic nitrogens is 1. The van der Waals surface area contributed by atoms with Crippen LogP contribution in [-0.2, 0) is 11.3 Å². The highest BCUT2D eigenvalue weighted by molar-refractivity contribution is 5.94. The molecule has 6 nitrogen and oxygen atoms in total. The van der Waals surface area contributed by atoms with Crippen LogP contribution < -0.4 is 10.3 Å². The molecule has 1 aromatic carbocycles. The second-order valence-corrected chi connectivity index (χ2v) is 6.41. The molecule has 1 aromatic heterocycles. The summed E-state index contributed by atoms with van der Waals surface area (Å²) < 4.78 is 10.5. The van der Waals surface area contributed by atoms with Crippen LogP contribution in [0.5, 0.6) is 5.75 Å². The van der Waals surface area contributed by atoms with Gasteiger partial charge < -0.3 is 19.4 Å². The molecule has 1 N–H and O–H groups in total. The van der Waals surface area contributed by atoms with E-state index in [1.807, 2.05) is 45.0 Å². The smallest absolute Gasteiger partial charge is 0.261 e. The van der Waals surface area contributed by atoms with Crippen molar-refractivity contribution in [3.8, 4) is 5.75 Å². The first kappa shape index (κ1) is 19.7. The van der Waals surface area contributed by atoms with Crippen LogP contribution >= 0.6 is 0 Å². The van der Waals surface area contributed by atoms with E-state index in [1.54, 1.807) is 25.2 Å². The molecule has 1 heterocycles. The van der Waals surface area contributed by atoms with Gasteiger partial charge in [0.25, 0.3) is 11.5 Å². The first-order valence-electron chi connectivity index (χ1n) is 8.50. The zero-order valence-electron chi connectivity index (χ0n) is 16.0. The van der Waals surface area contributed by atoms with E-state index in [1.165, 1.54) is 0 Å². The molecule has 0 aliphatic rings. The van der Waals surface area contributed by atoms with E-state index < -0.39 is 0 Å². The monoisotopic (exact) mass is 358 g/mol. The fraction of sp³-hybridized carbons (Fsp3) is 0.400. The van der Waals surface area contributed by atoms with E-state index in [4.69, 9.17) is 9.47 Å². The number of benzene rings is 1. The number of carbonyl (C=O) groups excluding carboxylic acids is 1. The number of methoxy groups -OCH3 is 2. The van der Waals surface area contributed by atoms with Gasteiger partial charge in [-0.1, -0.05) is 12.1 Å². The van der Waals surface area contributed by atoms with Gasteiger partial charge in [0.1, 0.15) is 11.3 Å². The van der Waals surface area contributed by atoms with Gasteiger partial charge in [0.05, 0.1) is 19.8 Å². The first-order valence-corrected chi connectivity index (χ1v) is 8.50. The van der Waals surface area contributed by atoms with Crippen LogP contribution in [0.3, 0.4) is 0 Å². The molecular weight excluding hydrogens is 332 g/mol. The summed E-state index contributed by atoms with van der Waals surface area (Å²) in [4.78, 5) is 29.8. The minimum atomic E-state index is -0.377. The lowest BCUT2D eigenvalue weighted by atomic mass is 10.1. The maximum absolute atomic E-state index is 13.1. The largest absolute Gasteiger partial charge is 0.497 e. The van der Waals surface area contributed by atoms with Crippen LogP contribution in [0.25, 0.3) is 0 Å². The third kappa shape index (κ3) is 4.52. The van der Waals surface area contributed by atoms with Crippen molar-refractivity contribution >= 4 is 5.91 Å². The minimum Gasteiger partial charge on any atom is -0.497 e. The molecule has 26 heavy (non-hydrogen) atoms. The number of ether oxygens (including phenoxy) is 2. The molecular formula is C20H26N2O4. The summed E-state index contributed by atoms with van der Waals surface area (Å²) in [5.74, 6) is 0.403. The summed E-state index contributed by atoms with van der Waals surface area (Å²) in [7, 11) is 3.19. The lowest BCUT2D eigenvalue weighted by molar-refractivity contribution is 0.0540. The fourth-order valence-corrected chi connectivity index (χ4v) is 2.77. The molecule has 2 rings (SSSR count). The molecule has 0 saturated heterocycles. The topological polar surface area (TPSA) is 71.6 Å². The summed E-state index contributed by atoms with van der Waals surface area (Å²) in [6.45, 7) is 6.31. The molecule has 1 amide bonds. The van der Waals surface area contributed by atoms with E-state index in [0.29, 0.717) is 13.2 Å². The lowest BCUT2D eigenvalue weighted by Crippen LogP contribution is -2.42. The minimum absolute atomic E-state index is 0.138. The highest BCUT2D eigenvalue weighted by atomic mass is 16.5. The summed E-state index contributed by atoms with van der Waals surface area (Å²) in [5.41, 5.74) is 2.31. The van der Waals surface area contributed by atoms with Crippen molar-refractivity contribution in [3.63, 3.8) is 0 Å². The number of hydrogen-bond donors (Lipinski definition) is 1. The van der Waals surface area contributed by atoms with E-state index in [9.17, 15) is 9.59 Å². The third-order valence-electron chi connectivity index (χ3n) is 4.42. The number of pyridine rings is 1.